The van der Waals surface area contributed by atoms with Crippen LogP contribution in [-0.4, -0.2) is 22.4 Å². The Bertz CT molecular complexity index is 653. The molecular weight excluding hydrogens is 300 g/mol. The van der Waals surface area contributed by atoms with Crippen molar-refractivity contribution in [1.82, 2.24) is 15.3 Å². The molecule has 1 aromatic heterocycles. The van der Waals surface area contributed by atoms with E-state index in [0.29, 0.717) is 24.0 Å². The number of anilines is 2. The summed E-state index contributed by atoms with van der Waals surface area (Å²) in [7, 11) is 0. The maximum Gasteiger partial charge on any atom is 0.270 e. The molecule has 0 atom stereocenters. The van der Waals surface area contributed by atoms with Gasteiger partial charge in [0.1, 0.15) is 17.8 Å². The van der Waals surface area contributed by atoms with Crippen molar-refractivity contribution in [2.24, 2.45) is 0 Å². The molecule has 0 aliphatic rings. The minimum atomic E-state index is -0.160. The van der Waals surface area contributed by atoms with E-state index >= 15 is 0 Å². The Morgan fingerprint density at radius 2 is 1.88 bits per heavy atom. The number of benzene rings is 1. The number of amides is 1. The first kappa shape index (κ1) is 17.9. The first-order valence-electron chi connectivity index (χ1n) is 8.57. The lowest BCUT2D eigenvalue weighted by Crippen LogP contribution is -2.25. The van der Waals surface area contributed by atoms with Gasteiger partial charge in [0.15, 0.2) is 0 Å². The van der Waals surface area contributed by atoms with E-state index in [2.05, 4.69) is 53.5 Å². The number of aromatic nitrogens is 2. The van der Waals surface area contributed by atoms with Crippen LogP contribution in [0.15, 0.2) is 36.7 Å². The highest BCUT2D eigenvalue weighted by Gasteiger charge is 2.08. The van der Waals surface area contributed by atoms with Crippen molar-refractivity contribution in [2.45, 2.75) is 46.0 Å². The molecule has 0 unspecified atom stereocenters. The lowest BCUT2D eigenvalue weighted by atomic mass is 10.0. The van der Waals surface area contributed by atoms with Crippen LogP contribution in [0.2, 0.25) is 0 Å². The zero-order valence-electron chi connectivity index (χ0n) is 14.7. The molecule has 5 nitrogen and oxygen atoms in total. The zero-order valence-corrected chi connectivity index (χ0v) is 14.7. The van der Waals surface area contributed by atoms with E-state index in [0.717, 1.165) is 24.9 Å². The summed E-state index contributed by atoms with van der Waals surface area (Å²) < 4.78 is 0. The summed E-state index contributed by atoms with van der Waals surface area (Å²) in [4.78, 5) is 20.3. The molecular formula is C19H26N4O. The largest absolute Gasteiger partial charge is 0.351 e. The smallest absolute Gasteiger partial charge is 0.270 e. The lowest BCUT2D eigenvalue weighted by molar-refractivity contribution is 0.0948. The van der Waals surface area contributed by atoms with Crippen LogP contribution in [0, 0.1) is 0 Å². The SMILES string of the molecule is CCCCCNC(=O)c1cc(Nc2ccc(C(C)C)cc2)ncn1. The van der Waals surface area contributed by atoms with Crippen LogP contribution in [0.25, 0.3) is 0 Å². The van der Waals surface area contributed by atoms with Crippen molar-refractivity contribution in [3.8, 4) is 0 Å². The molecule has 0 saturated heterocycles. The Balaban J connectivity index is 1.98. The molecule has 0 fully saturated rings. The monoisotopic (exact) mass is 326 g/mol. The van der Waals surface area contributed by atoms with Crippen molar-refractivity contribution in [3.63, 3.8) is 0 Å². The van der Waals surface area contributed by atoms with Crippen LogP contribution in [0.1, 0.15) is 62.0 Å². The Hall–Kier alpha value is -2.43. The third kappa shape index (κ3) is 5.33. The van der Waals surface area contributed by atoms with Crippen LogP contribution in [-0.2, 0) is 0 Å². The van der Waals surface area contributed by atoms with Gasteiger partial charge in [-0.15, -0.1) is 0 Å². The molecule has 128 valence electrons. The molecule has 0 bridgehead atoms. The zero-order chi connectivity index (χ0) is 17.4. The number of carbonyl (C=O) groups is 1. The number of hydrogen-bond donors (Lipinski definition) is 2. The quantitative estimate of drug-likeness (QED) is 0.711. The molecule has 0 spiro atoms. The van der Waals surface area contributed by atoms with Gasteiger partial charge < -0.3 is 10.6 Å². The van der Waals surface area contributed by atoms with Gasteiger partial charge in [-0.2, -0.15) is 0 Å². The minimum absolute atomic E-state index is 0.160. The maximum atomic E-state index is 12.1. The molecule has 0 aliphatic carbocycles. The minimum Gasteiger partial charge on any atom is -0.351 e. The highest BCUT2D eigenvalue weighted by atomic mass is 16.1. The molecule has 1 heterocycles. The van der Waals surface area contributed by atoms with Crippen LogP contribution in [0.5, 0.6) is 0 Å². The van der Waals surface area contributed by atoms with E-state index in [-0.39, 0.29) is 5.91 Å². The Labute approximate surface area is 143 Å². The molecule has 2 aromatic rings. The van der Waals surface area contributed by atoms with Gasteiger partial charge in [-0.05, 0) is 30.0 Å². The molecule has 0 aliphatic heterocycles. The second-order valence-electron chi connectivity index (χ2n) is 6.15. The van der Waals surface area contributed by atoms with Gasteiger partial charge in [0.25, 0.3) is 5.91 Å². The van der Waals surface area contributed by atoms with Crippen molar-refractivity contribution in [1.29, 1.82) is 0 Å². The van der Waals surface area contributed by atoms with Crippen molar-refractivity contribution in [2.75, 3.05) is 11.9 Å². The molecule has 1 amide bonds. The van der Waals surface area contributed by atoms with Crippen LogP contribution in [0.4, 0.5) is 11.5 Å². The molecule has 0 saturated carbocycles. The molecule has 2 rings (SSSR count). The summed E-state index contributed by atoms with van der Waals surface area (Å²) >= 11 is 0. The maximum absolute atomic E-state index is 12.1. The van der Waals surface area contributed by atoms with E-state index in [1.165, 1.54) is 11.9 Å². The summed E-state index contributed by atoms with van der Waals surface area (Å²) in [6.45, 7) is 7.14. The third-order valence-corrected chi connectivity index (χ3v) is 3.82. The molecule has 5 heteroatoms. The number of nitrogens with one attached hydrogen (secondary N) is 2. The van der Waals surface area contributed by atoms with Gasteiger partial charge in [-0.1, -0.05) is 45.7 Å². The number of unbranched alkanes of at least 4 members (excludes halogenated alkanes) is 2. The average molecular weight is 326 g/mol. The Kier molecular flexibility index (Phi) is 6.73. The number of nitrogens with zero attached hydrogens (tertiary/aromatic N) is 2. The first-order valence-corrected chi connectivity index (χ1v) is 8.57. The van der Waals surface area contributed by atoms with E-state index in [9.17, 15) is 4.79 Å². The Morgan fingerprint density at radius 1 is 1.12 bits per heavy atom. The standard InChI is InChI=1S/C19H26N4O/c1-4-5-6-11-20-19(24)17-12-18(22-13-21-17)23-16-9-7-15(8-10-16)14(2)3/h7-10,12-14H,4-6,11H2,1-3H3,(H,20,24)(H,21,22,23). The average Bonchev–Trinajstić information content (AvgIpc) is 2.59. The van der Waals surface area contributed by atoms with Gasteiger partial charge >= 0.3 is 0 Å². The summed E-state index contributed by atoms with van der Waals surface area (Å²) in [5.41, 5.74) is 2.60. The fraction of sp³-hybridized carbons (Fsp3) is 0.421. The molecule has 0 radical (unpaired) electrons. The topological polar surface area (TPSA) is 66.9 Å². The fourth-order valence-electron chi connectivity index (χ4n) is 2.32. The van der Waals surface area contributed by atoms with Gasteiger partial charge in [0, 0.05) is 18.3 Å². The first-order chi connectivity index (χ1) is 11.6. The van der Waals surface area contributed by atoms with E-state index in [4.69, 9.17) is 0 Å². The number of hydrogen-bond acceptors (Lipinski definition) is 4. The van der Waals surface area contributed by atoms with Crippen molar-refractivity contribution in [3.05, 3.63) is 47.9 Å². The predicted molar refractivity (Wildman–Crippen MR) is 97.7 cm³/mol. The van der Waals surface area contributed by atoms with Gasteiger partial charge in [0.2, 0.25) is 0 Å². The van der Waals surface area contributed by atoms with Crippen LogP contribution in [0.3, 0.4) is 0 Å². The highest BCUT2D eigenvalue weighted by Crippen LogP contribution is 2.19. The van der Waals surface area contributed by atoms with Gasteiger partial charge in [0.05, 0.1) is 0 Å². The van der Waals surface area contributed by atoms with Crippen LogP contribution >= 0.6 is 0 Å². The normalized spacial score (nSPS) is 10.7. The Morgan fingerprint density at radius 3 is 2.54 bits per heavy atom. The molecule has 24 heavy (non-hydrogen) atoms. The van der Waals surface area contributed by atoms with E-state index < -0.39 is 0 Å². The highest BCUT2D eigenvalue weighted by molar-refractivity contribution is 5.92. The third-order valence-electron chi connectivity index (χ3n) is 3.82. The summed E-state index contributed by atoms with van der Waals surface area (Å²) in [5, 5.41) is 6.10. The van der Waals surface area contributed by atoms with E-state index in [1.807, 2.05) is 12.1 Å². The summed E-state index contributed by atoms with van der Waals surface area (Å²) in [6.07, 6.45) is 4.64. The summed E-state index contributed by atoms with van der Waals surface area (Å²) in [5.74, 6) is 0.953. The lowest BCUT2D eigenvalue weighted by Gasteiger charge is -2.09. The van der Waals surface area contributed by atoms with E-state index in [1.54, 1.807) is 6.07 Å². The van der Waals surface area contributed by atoms with Crippen LogP contribution < -0.4 is 10.6 Å². The van der Waals surface area contributed by atoms with Gasteiger partial charge in [-0.3, -0.25) is 4.79 Å². The number of carbonyl (C=O) groups excluding carboxylic acids is 1. The molecule has 1 aromatic carbocycles. The van der Waals surface area contributed by atoms with Gasteiger partial charge in [-0.25, -0.2) is 9.97 Å². The van der Waals surface area contributed by atoms with Crippen molar-refractivity contribution >= 4 is 17.4 Å². The fourth-order valence-corrected chi connectivity index (χ4v) is 2.32. The second-order valence-corrected chi connectivity index (χ2v) is 6.15. The second kappa shape index (κ2) is 9.01. The molecule has 2 N–H and O–H groups in total. The number of rotatable bonds is 8. The summed E-state index contributed by atoms with van der Waals surface area (Å²) in [6, 6.07) is 9.89. The predicted octanol–water partition coefficient (Wildman–Crippen LogP) is 4.26. The van der Waals surface area contributed by atoms with Crippen molar-refractivity contribution < 1.29 is 4.79 Å².